The number of anilines is 1. The van der Waals surface area contributed by atoms with E-state index in [-0.39, 0.29) is 17.4 Å². The molecule has 3 rings (SSSR count). The van der Waals surface area contributed by atoms with Crippen molar-refractivity contribution in [2.45, 2.75) is 8.68 Å². The normalized spacial score (nSPS) is 10.6. The van der Waals surface area contributed by atoms with Crippen LogP contribution in [0.15, 0.2) is 37.4 Å². The molecular formula is C14H10N4O2S3. The monoisotopic (exact) mass is 362 g/mol. The van der Waals surface area contributed by atoms with Gasteiger partial charge in [0.15, 0.2) is 8.68 Å². The van der Waals surface area contributed by atoms with Gasteiger partial charge in [0.1, 0.15) is 17.3 Å². The average Bonchev–Trinajstić information content (AvgIpc) is 3.17. The smallest absolute Gasteiger partial charge is 0.234 e. The van der Waals surface area contributed by atoms with Crippen LogP contribution in [-0.2, 0) is 4.79 Å². The Kier molecular flexibility index (Phi) is 4.85. The molecule has 1 N–H and O–H groups in total. The number of furan rings is 1. The van der Waals surface area contributed by atoms with Crippen molar-refractivity contribution in [3.05, 3.63) is 30.0 Å². The predicted octanol–water partition coefficient (Wildman–Crippen LogP) is 3.61. The molecule has 0 unspecified atom stereocenters. The van der Waals surface area contributed by atoms with Gasteiger partial charge in [-0.1, -0.05) is 47.0 Å². The van der Waals surface area contributed by atoms with Crippen LogP contribution in [0.25, 0.3) is 11.0 Å². The molecule has 0 aliphatic carbocycles. The lowest BCUT2D eigenvalue weighted by atomic mass is 10.2. The van der Waals surface area contributed by atoms with Crippen LogP contribution in [0, 0.1) is 11.3 Å². The lowest BCUT2D eigenvalue weighted by Gasteiger charge is -2.02. The minimum atomic E-state index is -0.223. The molecule has 0 aliphatic rings. The van der Waals surface area contributed by atoms with Gasteiger partial charge in [-0.3, -0.25) is 4.79 Å². The van der Waals surface area contributed by atoms with Crippen LogP contribution < -0.4 is 5.32 Å². The zero-order chi connectivity index (χ0) is 16.2. The van der Waals surface area contributed by atoms with E-state index in [0.29, 0.717) is 16.7 Å². The van der Waals surface area contributed by atoms with Crippen LogP contribution >= 0.6 is 34.9 Å². The number of nitriles is 1. The fourth-order valence-corrected chi connectivity index (χ4v) is 4.13. The van der Waals surface area contributed by atoms with Gasteiger partial charge in [0.05, 0.1) is 5.75 Å². The Hall–Kier alpha value is -2.02. The van der Waals surface area contributed by atoms with E-state index in [0.717, 1.165) is 8.68 Å². The number of para-hydroxylation sites is 1. The maximum atomic E-state index is 12.1. The Morgan fingerprint density at radius 3 is 2.91 bits per heavy atom. The number of carbonyl (C=O) groups excluding carboxylic acids is 1. The molecule has 0 fully saturated rings. The number of hydrogen-bond acceptors (Lipinski definition) is 8. The fourth-order valence-electron chi connectivity index (χ4n) is 1.89. The van der Waals surface area contributed by atoms with Crippen LogP contribution in [0.5, 0.6) is 0 Å². The standard InChI is InChI=1S/C14H10N4O2S3/c1-21-13-17-18-14(23-13)22-7-11(19)16-12-8-4-2-3-5-9(8)20-10(12)6-15/h2-5H,7H2,1H3,(H,16,19). The van der Waals surface area contributed by atoms with Gasteiger partial charge in [-0.25, -0.2) is 0 Å². The molecule has 3 aromatic rings. The van der Waals surface area contributed by atoms with Crippen molar-refractivity contribution in [3.63, 3.8) is 0 Å². The first-order chi connectivity index (χ1) is 11.2. The van der Waals surface area contributed by atoms with Crippen molar-refractivity contribution in [2.75, 3.05) is 17.3 Å². The Morgan fingerprint density at radius 2 is 2.17 bits per heavy atom. The molecule has 0 spiro atoms. The first-order valence-electron chi connectivity index (χ1n) is 6.43. The largest absolute Gasteiger partial charge is 0.443 e. The summed E-state index contributed by atoms with van der Waals surface area (Å²) in [6.07, 6.45) is 1.93. The summed E-state index contributed by atoms with van der Waals surface area (Å²) in [5, 5.41) is 20.6. The molecule has 9 heteroatoms. The van der Waals surface area contributed by atoms with Gasteiger partial charge < -0.3 is 9.73 Å². The number of amides is 1. The average molecular weight is 362 g/mol. The van der Waals surface area contributed by atoms with Crippen LogP contribution in [0.4, 0.5) is 5.69 Å². The maximum absolute atomic E-state index is 12.1. The van der Waals surface area contributed by atoms with Crippen LogP contribution in [0.3, 0.4) is 0 Å². The summed E-state index contributed by atoms with van der Waals surface area (Å²) in [7, 11) is 0. The number of carbonyl (C=O) groups is 1. The molecule has 23 heavy (non-hydrogen) atoms. The number of nitrogens with zero attached hydrogens (tertiary/aromatic N) is 3. The third-order valence-electron chi connectivity index (χ3n) is 2.85. The zero-order valence-corrected chi connectivity index (χ0v) is 14.3. The van der Waals surface area contributed by atoms with E-state index < -0.39 is 0 Å². The van der Waals surface area contributed by atoms with E-state index in [1.165, 1.54) is 34.9 Å². The second-order valence-corrected chi connectivity index (χ2v) is 7.54. The number of hydrogen-bond donors (Lipinski definition) is 1. The predicted molar refractivity (Wildman–Crippen MR) is 92.0 cm³/mol. The van der Waals surface area contributed by atoms with Gasteiger partial charge in [0.25, 0.3) is 0 Å². The van der Waals surface area contributed by atoms with Crippen molar-refractivity contribution in [3.8, 4) is 6.07 Å². The summed E-state index contributed by atoms with van der Waals surface area (Å²) in [5.41, 5.74) is 0.983. The number of nitrogens with one attached hydrogen (secondary N) is 1. The molecule has 0 atom stereocenters. The highest BCUT2D eigenvalue weighted by Gasteiger charge is 2.16. The van der Waals surface area contributed by atoms with Gasteiger partial charge >= 0.3 is 0 Å². The van der Waals surface area contributed by atoms with Crippen molar-refractivity contribution in [1.29, 1.82) is 5.26 Å². The Morgan fingerprint density at radius 1 is 1.39 bits per heavy atom. The lowest BCUT2D eigenvalue weighted by Crippen LogP contribution is -2.14. The van der Waals surface area contributed by atoms with Gasteiger partial charge in [0, 0.05) is 5.39 Å². The topological polar surface area (TPSA) is 91.8 Å². The van der Waals surface area contributed by atoms with Crippen molar-refractivity contribution < 1.29 is 9.21 Å². The van der Waals surface area contributed by atoms with E-state index in [2.05, 4.69) is 15.5 Å². The number of thioether (sulfide) groups is 2. The van der Waals surface area contributed by atoms with E-state index >= 15 is 0 Å². The number of rotatable bonds is 5. The van der Waals surface area contributed by atoms with Crippen molar-refractivity contribution in [2.24, 2.45) is 0 Å². The summed E-state index contributed by atoms with van der Waals surface area (Å²) < 4.78 is 7.02. The van der Waals surface area contributed by atoms with Crippen LogP contribution in [0.2, 0.25) is 0 Å². The van der Waals surface area contributed by atoms with Crippen LogP contribution in [-0.4, -0.2) is 28.1 Å². The SMILES string of the molecule is CSc1nnc(SCC(=O)Nc2c(C#N)oc3ccccc23)s1. The van der Waals surface area contributed by atoms with E-state index in [1.54, 1.807) is 12.1 Å². The number of aromatic nitrogens is 2. The highest BCUT2D eigenvalue weighted by atomic mass is 32.2. The first-order valence-corrected chi connectivity index (χ1v) is 9.45. The molecular weight excluding hydrogens is 352 g/mol. The van der Waals surface area contributed by atoms with Gasteiger partial charge in [0.2, 0.25) is 11.7 Å². The maximum Gasteiger partial charge on any atom is 0.234 e. The molecule has 0 saturated carbocycles. The Bertz CT molecular complexity index is 897. The highest BCUT2D eigenvalue weighted by molar-refractivity contribution is 8.03. The first kappa shape index (κ1) is 15.9. The third kappa shape index (κ3) is 3.50. The molecule has 1 aromatic carbocycles. The number of benzene rings is 1. The van der Waals surface area contributed by atoms with Crippen molar-refractivity contribution in [1.82, 2.24) is 10.2 Å². The second kappa shape index (κ2) is 7.04. The minimum absolute atomic E-state index is 0.102. The summed E-state index contributed by atoms with van der Waals surface area (Å²) in [5.74, 6) is 0.0667. The Labute approximate surface area is 144 Å². The summed E-state index contributed by atoms with van der Waals surface area (Å²) in [4.78, 5) is 12.1. The lowest BCUT2D eigenvalue weighted by molar-refractivity contribution is -0.113. The van der Waals surface area contributed by atoms with E-state index in [4.69, 9.17) is 9.68 Å². The van der Waals surface area contributed by atoms with Crippen LogP contribution in [0.1, 0.15) is 5.76 Å². The third-order valence-corrected chi connectivity index (χ3v) is 5.88. The van der Waals surface area contributed by atoms with E-state index in [1.807, 2.05) is 24.5 Å². The zero-order valence-electron chi connectivity index (χ0n) is 11.9. The molecule has 6 nitrogen and oxygen atoms in total. The van der Waals surface area contributed by atoms with Gasteiger partial charge in [-0.2, -0.15) is 5.26 Å². The molecule has 0 saturated heterocycles. The fraction of sp³-hybridized carbons (Fsp3) is 0.143. The van der Waals surface area contributed by atoms with Crippen molar-refractivity contribution >= 4 is 57.4 Å². The summed E-state index contributed by atoms with van der Waals surface area (Å²) in [6.45, 7) is 0. The molecule has 116 valence electrons. The molecule has 0 aliphatic heterocycles. The van der Waals surface area contributed by atoms with Gasteiger partial charge in [-0.15, -0.1) is 10.2 Å². The summed E-state index contributed by atoms with van der Waals surface area (Å²) in [6, 6.07) is 9.16. The van der Waals surface area contributed by atoms with Gasteiger partial charge in [-0.05, 0) is 18.4 Å². The highest BCUT2D eigenvalue weighted by Crippen LogP contribution is 2.31. The quantitative estimate of drug-likeness (QED) is 0.693. The molecule has 2 heterocycles. The number of fused-ring (bicyclic) bond motifs is 1. The van der Waals surface area contributed by atoms with E-state index in [9.17, 15) is 4.79 Å². The second-order valence-electron chi connectivity index (χ2n) is 4.29. The Balaban J connectivity index is 1.71. The molecule has 2 aromatic heterocycles. The summed E-state index contributed by atoms with van der Waals surface area (Å²) >= 11 is 4.27. The molecule has 0 radical (unpaired) electrons. The molecule has 0 bridgehead atoms. The molecule has 1 amide bonds. The minimum Gasteiger partial charge on any atom is -0.443 e.